The number of nitrogens with zero attached hydrogens (tertiary/aromatic N) is 2. The van der Waals surface area contributed by atoms with E-state index in [2.05, 4.69) is 15.2 Å². The molecule has 2 bridgehead atoms. The highest BCUT2D eigenvalue weighted by atomic mass is 32.1. The Hall–Kier alpha value is -1.92. The summed E-state index contributed by atoms with van der Waals surface area (Å²) in [5, 5.41) is 2.80. The van der Waals surface area contributed by atoms with Gasteiger partial charge in [0.25, 0.3) is 0 Å². The van der Waals surface area contributed by atoms with Crippen LogP contribution < -0.4 is 5.32 Å². The molecule has 132 valence electrons. The molecule has 6 heteroatoms. The number of hydrogen-bond acceptors (Lipinski definition) is 5. The molecular weight excluding hydrogens is 334 g/mol. The van der Waals surface area contributed by atoms with Crippen molar-refractivity contribution in [1.29, 1.82) is 0 Å². The van der Waals surface area contributed by atoms with Crippen LogP contribution in [0.25, 0.3) is 10.4 Å². The summed E-state index contributed by atoms with van der Waals surface area (Å²) in [5.41, 5.74) is 3.19. The van der Waals surface area contributed by atoms with Gasteiger partial charge in [-0.2, -0.15) is 0 Å². The first-order valence-corrected chi connectivity index (χ1v) is 9.77. The third kappa shape index (κ3) is 3.70. The minimum atomic E-state index is -0.410. The van der Waals surface area contributed by atoms with E-state index in [0.717, 1.165) is 16.9 Å². The number of benzene rings is 1. The molecule has 1 aromatic heterocycles. The molecule has 0 radical (unpaired) electrons. The van der Waals surface area contributed by atoms with Crippen molar-refractivity contribution in [2.75, 3.05) is 31.6 Å². The van der Waals surface area contributed by atoms with Gasteiger partial charge in [-0.05, 0) is 56.3 Å². The second-order valence-electron chi connectivity index (χ2n) is 7.00. The van der Waals surface area contributed by atoms with Gasteiger partial charge >= 0.3 is 6.09 Å². The molecule has 25 heavy (non-hydrogen) atoms. The van der Waals surface area contributed by atoms with Gasteiger partial charge in [0, 0.05) is 0 Å². The summed E-state index contributed by atoms with van der Waals surface area (Å²) in [4.78, 5) is 19.9. The van der Waals surface area contributed by atoms with Gasteiger partial charge in [0.2, 0.25) is 0 Å². The van der Waals surface area contributed by atoms with E-state index in [1.165, 1.54) is 50.2 Å². The Balaban J connectivity index is 1.31. The fourth-order valence-electron chi connectivity index (χ4n) is 3.89. The molecule has 0 spiro atoms. The van der Waals surface area contributed by atoms with E-state index in [4.69, 9.17) is 4.74 Å². The van der Waals surface area contributed by atoms with Crippen LogP contribution in [0.4, 0.5) is 10.6 Å². The zero-order chi connectivity index (χ0) is 17.1. The number of carbonyl (C=O) groups excluding carboxylic acids is 1. The molecule has 1 amide bonds. The number of piperidine rings is 3. The van der Waals surface area contributed by atoms with Crippen molar-refractivity contribution in [3.63, 3.8) is 0 Å². The van der Waals surface area contributed by atoms with Crippen LogP contribution >= 0.6 is 11.3 Å². The van der Waals surface area contributed by atoms with E-state index in [1.807, 2.05) is 30.3 Å². The number of amides is 1. The number of fused-ring (bicyclic) bond motifs is 3. The predicted octanol–water partition coefficient (Wildman–Crippen LogP) is 4.23. The standard InChI is InChI=1S/C19H23N3O2S/c23-18(24-13-9-19-6-10-22(11-7-19)12-8-19)21-17-16(25-14-20-17)15-4-2-1-3-5-15/h1-5,14H,6-13H2,(H,21,23). The first-order chi connectivity index (χ1) is 12.2. The van der Waals surface area contributed by atoms with E-state index >= 15 is 0 Å². The predicted molar refractivity (Wildman–Crippen MR) is 99.9 cm³/mol. The van der Waals surface area contributed by atoms with Crippen LogP contribution in [0.5, 0.6) is 0 Å². The Labute approximate surface area is 152 Å². The minimum absolute atomic E-state index is 0.394. The van der Waals surface area contributed by atoms with Crippen LogP contribution in [-0.2, 0) is 4.74 Å². The number of anilines is 1. The first kappa shape index (κ1) is 16.5. The van der Waals surface area contributed by atoms with Crippen molar-refractivity contribution in [3.05, 3.63) is 35.8 Å². The molecule has 0 unspecified atom stereocenters. The van der Waals surface area contributed by atoms with Gasteiger partial charge in [0.05, 0.1) is 17.0 Å². The smallest absolute Gasteiger partial charge is 0.412 e. The zero-order valence-electron chi connectivity index (χ0n) is 14.2. The van der Waals surface area contributed by atoms with Crippen molar-refractivity contribution in [3.8, 4) is 10.4 Å². The molecule has 0 saturated carbocycles. The second-order valence-corrected chi connectivity index (χ2v) is 7.85. The fourth-order valence-corrected chi connectivity index (χ4v) is 4.64. The Morgan fingerprint density at radius 1 is 1.20 bits per heavy atom. The third-order valence-electron chi connectivity index (χ3n) is 5.56. The number of nitrogens with one attached hydrogen (secondary N) is 1. The Morgan fingerprint density at radius 3 is 2.64 bits per heavy atom. The number of thiazole rings is 1. The van der Waals surface area contributed by atoms with Gasteiger partial charge < -0.3 is 9.64 Å². The molecule has 0 aliphatic carbocycles. The lowest BCUT2D eigenvalue weighted by atomic mass is 9.70. The molecular formula is C19H23N3O2S. The lowest BCUT2D eigenvalue weighted by molar-refractivity contribution is 0.00672. The largest absolute Gasteiger partial charge is 0.449 e. The Morgan fingerprint density at radius 2 is 1.92 bits per heavy atom. The summed E-state index contributed by atoms with van der Waals surface area (Å²) in [6, 6.07) is 9.95. The van der Waals surface area contributed by atoms with Crippen LogP contribution in [0, 0.1) is 5.41 Å². The maximum atomic E-state index is 12.2. The number of hydrogen-bond donors (Lipinski definition) is 1. The monoisotopic (exact) mass is 357 g/mol. The van der Waals surface area contributed by atoms with Crippen molar-refractivity contribution in [2.24, 2.45) is 5.41 Å². The number of ether oxygens (including phenoxy) is 1. The number of aromatic nitrogens is 1. The van der Waals surface area contributed by atoms with E-state index in [-0.39, 0.29) is 0 Å². The summed E-state index contributed by atoms with van der Waals surface area (Å²) >= 11 is 1.51. The normalized spacial score (nSPS) is 24.9. The quantitative estimate of drug-likeness (QED) is 0.870. The summed E-state index contributed by atoms with van der Waals surface area (Å²) in [6.07, 6.45) is 4.27. The summed E-state index contributed by atoms with van der Waals surface area (Å²) < 4.78 is 5.45. The molecule has 3 saturated heterocycles. The molecule has 3 fully saturated rings. The van der Waals surface area contributed by atoms with Gasteiger partial charge in [0.15, 0.2) is 5.82 Å². The van der Waals surface area contributed by atoms with E-state index in [0.29, 0.717) is 17.8 Å². The molecule has 4 heterocycles. The molecule has 3 aliphatic rings. The van der Waals surface area contributed by atoms with E-state index < -0.39 is 6.09 Å². The van der Waals surface area contributed by atoms with Crippen LogP contribution in [0.15, 0.2) is 35.8 Å². The number of rotatable bonds is 5. The molecule has 3 aliphatic heterocycles. The fraction of sp³-hybridized carbons (Fsp3) is 0.474. The first-order valence-electron chi connectivity index (χ1n) is 8.89. The van der Waals surface area contributed by atoms with Crippen molar-refractivity contribution < 1.29 is 9.53 Å². The highest BCUT2D eigenvalue weighted by Gasteiger charge is 2.39. The Kier molecular flexibility index (Phi) is 4.72. The second kappa shape index (κ2) is 7.14. The highest BCUT2D eigenvalue weighted by molar-refractivity contribution is 7.13. The maximum absolute atomic E-state index is 12.2. The van der Waals surface area contributed by atoms with Gasteiger partial charge in [0.1, 0.15) is 0 Å². The summed E-state index contributed by atoms with van der Waals surface area (Å²) in [6.45, 7) is 4.08. The van der Waals surface area contributed by atoms with Crippen LogP contribution in [0.1, 0.15) is 25.7 Å². The lowest BCUT2D eigenvalue weighted by Crippen LogP contribution is -2.48. The van der Waals surface area contributed by atoms with Gasteiger partial charge in [-0.25, -0.2) is 9.78 Å². The van der Waals surface area contributed by atoms with E-state index in [1.54, 1.807) is 5.51 Å². The zero-order valence-corrected chi connectivity index (χ0v) is 15.1. The summed E-state index contributed by atoms with van der Waals surface area (Å²) in [5.74, 6) is 0.574. The molecule has 5 rings (SSSR count). The molecule has 1 N–H and O–H groups in total. The lowest BCUT2D eigenvalue weighted by Gasteiger charge is -2.48. The van der Waals surface area contributed by atoms with Crippen molar-refractivity contribution >= 4 is 23.2 Å². The summed E-state index contributed by atoms with van der Waals surface area (Å²) in [7, 11) is 0. The van der Waals surface area contributed by atoms with Crippen molar-refractivity contribution in [2.45, 2.75) is 25.7 Å². The molecule has 1 aromatic carbocycles. The molecule has 2 aromatic rings. The maximum Gasteiger partial charge on any atom is 0.412 e. The molecule has 0 atom stereocenters. The average molecular weight is 357 g/mol. The molecule has 5 nitrogen and oxygen atoms in total. The van der Waals surface area contributed by atoms with Crippen LogP contribution in [-0.4, -0.2) is 42.2 Å². The van der Waals surface area contributed by atoms with Crippen molar-refractivity contribution in [1.82, 2.24) is 9.88 Å². The van der Waals surface area contributed by atoms with Crippen LogP contribution in [0.3, 0.4) is 0 Å². The minimum Gasteiger partial charge on any atom is -0.449 e. The average Bonchev–Trinajstić information content (AvgIpc) is 3.12. The van der Waals surface area contributed by atoms with Crippen LogP contribution in [0.2, 0.25) is 0 Å². The Bertz CT molecular complexity index is 710. The topological polar surface area (TPSA) is 54.5 Å². The SMILES string of the molecule is O=C(Nc1ncsc1-c1ccccc1)OCCC12CCN(CC1)CC2. The van der Waals surface area contributed by atoms with E-state index in [9.17, 15) is 4.79 Å². The van der Waals surface area contributed by atoms with Gasteiger partial charge in [-0.3, -0.25) is 5.32 Å². The van der Waals surface area contributed by atoms with Gasteiger partial charge in [-0.15, -0.1) is 11.3 Å². The third-order valence-corrected chi connectivity index (χ3v) is 6.44. The highest BCUT2D eigenvalue weighted by Crippen LogP contribution is 2.42. The number of carbonyl (C=O) groups is 1. The van der Waals surface area contributed by atoms with Gasteiger partial charge in [-0.1, -0.05) is 30.3 Å².